The third-order valence-electron chi connectivity index (χ3n) is 3.07. The van der Waals surface area contributed by atoms with Gasteiger partial charge in [-0.3, -0.25) is 0 Å². The molecule has 0 aliphatic carbocycles. The summed E-state index contributed by atoms with van der Waals surface area (Å²) in [6, 6.07) is 8.50. The summed E-state index contributed by atoms with van der Waals surface area (Å²) in [5.74, 6) is 0. The van der Waals surface area contributed by atoms with Gasteiger partial charge in [0.2, 0.25) is 0 Å². The smallest absolute Gasteiger partial charge is 0.0585 e. The highest BCUT2D eigenvalue weighted by Crippen LogP contribution is 2.10. The molecule has 0 aromatic heterocycles. The molecule has 96 valence electrons. The number of aliphatic hydroxyl groups excluding tert-OH is 1. The Morgan fingerprint density at radius 1 is 1.06 bits per heavy atom. The molecule has 0 heterocycles. The molecular weight excluding hydrogens is 210 g/mol. The Morgan fingerprint density at radius 3 is 2.29 bits per heavy atom. The van der Waals surface area contributed by atoms with E-state index in [2.05, 4.69) is 31.2 Å². The van der Waals surface area contributed by atoms with E-state index in [9.17, 15) is 0 Å². The molecule has 1 aromatic rings. The molecule has 0 amide bonds. The minimum atomic E-state index is -0.134. The van der Waals surface area contributed by atoms with Crippen LogP contribution in [0, 0.1) is 0 Å². The molecule has 0 fully saturated rings. The van der Waals surface area contributed by atoms with E-state index in [1.807, 2.05) is 0 Å². The van der Waals surface area contributed by atoms with Crippen LogP contribution in [0.5, 0.6) is 0 Å². The van der Waals surface area contributed by atoms with Crippen molar-refractivity contribution >= 4 is 0 Å². The summed E-state index contributed by atoms with van der Waals surface area (Å²) < 4.78 is 0. The van der Waals surface area contributed by atoms with Crippen molar-refractivity contribution in [2.45, 2.75) is 51.5 Å². The summed E-state index contributed by atoms with van der Waals surface area (Å²) in [6.45, 7) is 2.29. The van der Waals surface area contributed by atoms with Gasteiger partial charge in [0, 0.05) is 6.04 Å². The van der Waals surface area contributed by atoms with Gasteiger partial charge >= 0.3 is 0 Å². The standard InChI is InChI=1S/C15H25NO/c1-2-3-4-5-6-13-7-9-14(10-8-13)11-15(16)12-17/h7-10,15,17H,2-6,11-12,16H2,1H3/t15-/m0/s1. The fourth-order valence-corrected chi connectivity index (χ4v) is 1.97. The first-order valence-corrected chi connectivity index (χ1v) is 6.70. The van der Waals surface area contributed by atoms with Crippen LogP contribution < -0.4 is 5.73 Å². The lowest BCUT2D eigenvalue weighted by molar-refractivity contribution is 0.265. The maximum atomic E-state index is 8.89. The van der Waals surface area contributed by atoms with E-state index in [0.29, 0.717) is 0 Å². The predicted octanol–water partition coefficient (Wildman–Crippen LogP) is 2.67. The fourth-order valence-electron chi connectivity index (χ4n) is 1.97. The number of hydrogen-bond donors (Lipinski definition) is 2. The predicted molar refractivity (Wildman–Crippen MR) is 73.1 cm³/mol. The van der Waals surface area contributed by atoms with Crippen molar-refractivity contribution in [2.75, 3.05) is 6.61 Å². The van der Waals surface area contributed by atoms with Gasteiger partial charge in [0.25, 0.3) is 0 Å². The first-order chi connectivity index (χ1) is 8.26. The molecule has 1 aromatic carbocycles. The molecule has 0 aliphatic rings. The van der Waals surface area contributed by atoms with Gasteiger partial charge in [-0.1, -0.05) is 50.5 Å². The van der Waals surface area contributed by atoms with Crippen molar-refractivity contribution in [3.05, 3.63) is 35.4 Å². The topological polar surface area (TPSA) is 46.2 Å². The second kappa shape index (κ2) is 8.26. The maximum absolute atomic E-state index is 8.89. The van der Waals surface area contributed by atoms with Crippen LogP contribution in [0.15, 0.2) is 24.3 Å². The zero-order valence-corrected chi connectivity index (χ0v) is 10.9. The Labute approximate surface area is 105 Å². The average molecular weight is 235 g/mol. The maximum Gasteiger partial charge on any atom is 0.0585 e. The Morgan fingerprint density at radius 2 is 1.71 bits per heavy atom. The molecule has 0 radical (unpaired) electrons. The third-order valence-corrected chi connectivity index (χ3v) is 3.07. The summed E-state index contributed by atoms with van der Waals surface area (Å²) in [5.41, 5.74) is 8.32. The normalized spacial score (nSPS) is 12.6. The van der Waals surface area contributed by atoms with Crippen LogP contribution in [0.3, 0.4) is 0 Å². The Bertz CT molecular complexity index is 294. The highest BCUT2D eigenvalue weighted by molar-refractivity contribution is 5.23. The third kappa shape index (κ3) is 5.85. The van der Waals surface area contributed by atoms with Crippen molar-refractivity contribution in [1.82, 2.24) is 0 Å². The highest BCUT2D eigenvalue weighted by Gasteiger charge is 2.02. The van der Waals surface area contributed by atoms with Gasteiger partial charge in [0.05, 0.1) is 6.61 Å². The van der Waals surface area contributed by atoms with Gasteiger partial charge in [-0.15, -0.1) is 0 Å². The second-order valence-electron chi connectivity index (χ2n) is 4.77. The molecular formula is C15H25NO. The molecule has 17 heavy (non-hydrogen) atoms. The summed E-state index contributed by atoms with van der Waals surface area (Å²) in [7, 11) is 0. The van der Waals surface area contributed by atoms with Crippen LogP contribution in [0.25, 0.3) is 0 Å². The van der Waals surface area contributed by atoms with Crippen molar-refractivity contribution in [2.24, 2.45) is 5.73 Å². The highest BCUT2D eigenvalue weighted by atomic mass is 16.3. The molecule has 0 unspecified atom stereocenters. The molecule has 0 saturated heterocycles. The number of aryl methyl sites for hydroxylation is 1. The van der Waals surface area contributed by atoms with E-state index in [1.54, 1.807) is 0 Å². The van der Waals surface area contributed by atoms with Gasteiger partial charge in [-0.25, -0.2) is 0 Å². The molecule has 0 spiro atoms. The number of hydrogen-bond acceptors (Lipinski definition) is 2. The van der Waals surface area contributed by atoms with Gasteiger partial charge in [-0.05, 0) is 30.4 Å². The van der Waals surface area contributed by atoms with Crippen LogP contribution in [0.1, 0.15) is 43.7 Å². The SMILES string of the molecule is CCCCCCc1ccc(C[C@H](N)CO)cc1. The Kier molecular flexibility index (Phi) is 6.90. The Hall–Kier alpha value is -0.860. The average Bonchev–Trinajstić information content (AvgIpc) is 2.36. The van der Waals surface area contributed by atoms with Crippen LogP contribution in [0.2, 0.25) is 0 Å². The molecule has 1 rings (SSSR count). The lowest BCUT2D eigenvalue weighted by Gasteiger charge is -2.08. The van der Waals surface area contributed by atoms with Crippen LogP contribution in [0.4, 0.5) is 0 Å². The van der Waals surface area contributed by atoms with Crippen LogP contribution >= 0.6 is 0 Å². The summed E-state index contributed by atoms with van der Waals surface area (Å²) >= 11 is 0. The van der Waals surface area contributed by atoms with E-state index in [1.165, 1.54) is 43.2 Å². The lowest BCUT2D eigenvalue weighted by atomic mass is 10.0. The van der Waals surface area contributed by atoms with E-state index >= 15 is 0 Å². The summed E-state index contributed by atoms with van der Waals surface area (Å²) in [6.07, 6.45) is 7.16. The van der Waals surface area contributed by atoms with E-state index in [-0.39, 0.29) is 12.6 Å². The first-order valence-electron chi connectivity index (χ1n) is 6.70. The molecule has 0 bridgehead atoms. The van der Waals surface area contributed by atoms with E-state index in [0.717, 1.165) is 6.42 Å². The monoisotopic (exact) mass is 235 g/mol. The number of nitrogens with two attached hydrogens (primary N) is 1. The van der Waals surface area contributed by atoms with E-state index < -0.39 is 0 Å². The molecule has 0 saturated carbocycles. The zero-order valence-electron chi connectivity index (χ0n) is 10.9. The minimum Gasteiger partial charge on any atom is -0.395 e. The molecule has 3 N–H and O–H groups in total. The van der Waals surface area contributed by atoms with Crippen LogP contribution in [-0.2, 0) is 12.8 Å². The quantitative estimate of drug-likeness (QED) is 0.680. The molecule has 0 aliphatic heterocycles. The van der Waals surface area contributed by atoms with Crippen molar-refractivity contribution < 1.29 is 5.11 Å². The Balaban J connectivity index is 2.34. The van der Waals surface area contributed by atoms with Crippen molar-refractivity contribution in [3.8, 4) is 0 Å². The van der Waals surface area contributed by atoms with Crippen LogP contribution in [-0.4, -0.2) is 17.8 Å². The van der Waals surface area contributed by atoms with Gasteiger partial charge < -0.3 is 10.8 Å². The van der Waals surface area contributed by atoms with Gasteiger partial charge in [-0.2, -0.15) is 0 Å². The number of aliphatic hydroxyl groups is 1. The molecule has 2 heteroatoms. The number of rotatable bonds is 8. The molecule has 2 nitrogen and oxygen atoms in total. The summed E-state index contributed by atoms with van der Waals surface area (Å²) in [5, 5.41) is 8.89. The lowest BCUT2D eigenvalue weighted by Crippen LogP contribution is -2.26. The number of unbranched alkanes of at least 4 members (excludes halogenated alkanes) is 3. The zero-order chi connectivity index (χ0) is 12.5. The molecule has 1 atom stereocenters. The van der Waals surface area contributed by atoms with Crippen molar-refractivity contribution in [3.63, 3.8) is 0 Å². The van der Waals surface area contributed by atoms with E-state index in [4.69, 9.17) is 10.8 Å². The van der Waals surface area contributed by atoms with Gasteiger partial charge in [0.1, 0.15) is 0 Å². The van der Waals surface area contributed by atoms with Crippen molar-refractivity contribution in [1.29, 1.82) is 0 Å². The minimum absolute atomic E-state index is 0.0543. The second-order valence-corrected chi connectivity index (χ2v) is 4.77. The summed E-state index contributed by atoms with van der Waals surface area (Å²) in [4.78, 5) is 0. The fraction of sp³-hybridized carbons (Fsp3) is 0.600. The first kappa shape index (κ1) is 14.2. The largest absolute Gasteiger partial charge is 0.395 e. The number of benzene rings is 1. The van der Waals surface area contributed by atoms with Gasteiger partial charge in [0.15, 0.2) is 0 Å².